The minimum absolute atomic E-state index is 0.0512. The number of nitrogens with zero attached hydrogens (tertiary/aromatic N) is 4. The zero-order valence-electron chi connectivity index (χ0n) is 13.2. The molecule has 1 atom stereocenters. The summed E-state index contributed by atoms with van der Waals surface area (Å²) in [5.74, 6) is 0.334. The lowest BCUT2D eigenvalue weighted by Gasteiger charge is -2.32. The standard InChI is InChI=1S/C17H20N4O2/c1-23-11-17(22)21-6-2-3-14(10-21)16-5-4-13(9-20-16)15-7-18-12-19-8-15/h4-5,7-9,12,14H,2-3,6,10-11H2,1H3/t14-/m0/s1. The normalized spacial score (nSPS) is 18.0. The first-order valence-electron chi connectivity index (χ1n) is 7.76. The van der Waals surface area contributed by atoms with Crippen LogP contribution in [0.2, 0.25) is 0 Å². The molecular formula is C17H20N4O2. The quantitative estimate of drug-likeness (QED) is 0.862. The molecule has 1 fully saturated rings. The maximum atomic E-state index is 12.0. The van der Waals surface area contributed by atoms with Crippen LogP contribution < -0.4 is 0 Å². The van der Waals surface area contributed by atoms with Gasteiger partial charge in [-0.3, -0.25) is 9.78 Å². The number of methoxy groups -OCH3 is 1. The monoisotopic (exact) mass is 312 g/mol. The molecule has 3 heterocycles. The van der Waals surface area contributed by atoms with E-state index in [9.17, 15) is 4.79 Å². The highest BCUT2D eigenvalue weighted by atomic mass is 16.5. The maximum absolute atomic E-state index is 12.0. The van der Waals surface area contributed by atoms with E-state index in [1.807, 2.05) is 23.2 Å². The third-order valence-corrected chi connectivity index (χ3v) is 4.14. The highest BCUT2D eigenvalue weighted by Crippen LogP contribution is 2.27. The Labute approximate surface area is 135 Å². The number of likely N-dealkylation sites (tertiary alicyclic amines) is 1. The lowest BCUT2D eigenvalue weighted by Crippen LogP contribution is -2.41. The number of aromatic nitrogens is 3. The Morgan fingerprint density at radius 3 is 2.78 bits per heavy atom. The topological polar surface area (TPSA) is 68.2 Å². The Morgan fingerprint density at radius 1 is 1.26 bits per heavy atom. The number of hydrogen-bond acceptors (Lipinski definition) is 5. The molecule has 0 aliphatic carbocycles. The second-order valence-electron chi connectivity index (χ2n) is 5.71. The van der Waals surface area contributed by atoms with Crippen molar-refractivity contribution in [1.82, 2.24) is 19.9 Å². The summed E-state index contributed by atoms with van der Waals surface area (Å²) in [4.78, 5) is 26.5. The molecule has 1 amide bonds. The highest BCUT2D eigenvalue weighted by Gasteiger charge is 2.25. The molecule has 6 nitrogen and oxygen atoms in total. The van der Waals surface area contributed by atoms with Crippen LogP contribution in [-0.2, 0) is 9.53 Å². The number of carbonyl (C=O) groups is 1. The Kier molecular flexibility index (Phi) is 4.92. The van der Waals surface area contributed by atoms with Gasteiger partial charge in [-0.1, -0.05) is 6.07 Å². The second-order valence-corrected chi connectivity index (χ2v) is 5.71. The molecule has 0 aromatic carbocycles. The molecule has 2 aromatic rings. The first-order chi connectivity index (χ1) is 11.3. The van der Waals surface area contributed by atoms with Gasteiger partial charge in [-0.2, -0.15) is 0 Å². The van der Waals surface area contributed by atoms with Crippen molar-refractivity contribution in [2.45, 2.75) is 18.8 Å². The molecule has 0 unspecified atom stereocenters. The van der Waals surface area contributed by atoms with Crippen LogP contribution in [0.5, 0.6) is 0 Å². The van der Waals surface area contributed by atoms with E-state index in [1.54, 1.807) is 19.5 Å². The molecule has 0 radical (unpaired) electrons. The second kappa shape index (κ2) is 7.28. The van der Waals surface area contributed by atoms with E-state index in [4.69, 9.17) is 4.74 Å². The van der Waals surface area contributed by atoms with Crippen molar-refractivity contribution in [3.05, 3.63) is 42.7 Å². The van der Waals surface area contributed by atoms with E-state index in [0.29, 0.717) is 6.54 Å². The number of pyridine rings is 1. The molecule has 6 heteroatoms. The number of hydrogen-bond donors (Lipinski definition) is 0. The van der Waals surface area contributed by atoms with Crippen molar-refractivity contribution in [3.63, 3.8) is 0 Å². The van der Waals surface area contributed by atoms with Crippen LogP contribution >= 0.6 is 0 Å². The summed E-state index contributed by atoms with van der Waals surface area (Å²) < 4.78 is 4.94. The molecule has 0 N–H and O–H groups in total. The lowest BCUT2D eigenvalue weighted by molar-refractivity contribution is -0.136. The van der Waals surface area contributed by atoms with Crippen molar-refractivity contribution >= 4 is 5.91 Å². The molecule has 1 aliphatic heterocycles. The van der Waals surface area contributed by atoms with Crippen molar-refractivity contribution in [3.8, 4) is 11.1 Å². The Hall–Kier alpha value is -2.34. The zero-order valence-corrected chi connectivity index (χ0v) is 13.2. The van der Waals surface area contributed by atoms with Gasteiger partial charge in [0.2, 0.25) is 5.91 Å². The minimum Gasteiger partial charge on any atom is -0.375 e. The summed E-state index contributed by atoms with van der Waals surface area (Å²) >= 11 is 0. The van der Waals surface area contributed by atoms with E-state index in [-0.39, 0.29) is 18.4 Å². The maximum Gasteiger partial charge on any atom is 0.248 e. The molecule has 2 aromatic heterocycles. The smallest absolute Gasteiger partial charge is 0.248 e. The fourth-order valence-corrected chi connectivity index (χ4v) is 2.93. The Balaban J connectivity index is 1.70. The molecule has 0 spiro atoms. The van der Waals surface area contributed by atoms with E-state index >= 15 is 0 Å². The Morgan fingerprint density at radius 2 is 2.09 bits per heavy atom. The summed E-state index contributed by atoms with van der Waals surface area (Å²) in [7, 11) is 1.55. The van der Waals surface area contributed by atoms with Crippen LogP contribution in [0.1, 0.15) is 24.5 Å². The number of ether oxygens (including phenoxy) is 1. The van der Waals surface area contributed by atoms with Gasteiger partial charge in [0, 0.05) is 61.5 Å². The van der Waals surface area contributed by atoms with E-state index in [2.05, 4.69) is 15.0 Å². The summed E-state index contributed by atoms with van der Waals surface area (Å²) in [6.45, 7) is 1.66. The molecule has 0 saturated carbocycles. The van der Waals surface area contributed by atoms with Crippen molar-refractivity contribution in [2.75, 3.05) is 26.8 Å². The third kappa shape index (κ3) is 3.71. The van der Waals surface area contributed by atoms with Crippen LogP contribution in [-0.4, -0.2) is 52.6 Å². The SMILES string of the molecule is COCC(=O)N1CCC[C@H](c2ccc(-c3cncnc3)cn2)C1. The largest absolute Gasteiger partial charge is 0.375 e. The van der Waals surface area contributed by atoms with Gasteiger partial charge in [0.1, 0.15) is 12.9 Å². The van der Waals surface area contributed by atoms with Crippen molar-refractivity contribution < 1.29 is 9.53 Å². The van der Waals surface area contributed by atoms with Gasteiger partial charge in [0.05, 0.1) is 0 Å². The third-order valence-electron chi connectivity index (χ3n) is 4.14. The van der Waals surface area contributed by atoms with Crippen LogP contribution in [0.3, 0.4) is 0 Å². The summed E-state index contributed by atoms with van der Waals surface area (Å²) in [5.41, 5.74) is 2.98. The molecule has 3 rings (SSSR count). The predicted octanol–water partition coefficient (Wildman–Crippen LogP) is 1.89. The highest BCUT2D eigenvalue weighted by molar-refractivity contribution is 5.77. The molecule has 1 saturated heterocycles. The summed E-state index contributed by atoms with van der Waals surface area (Å²) in [6, 6.07) is 4.08. The number of amides is 1. The van der Waals surface area contributed by atoms with Crippen molar-refractivity contribution in [1.29, 1.82) is 0 Å². The van der Waals surface area contributed by atoms with Gasteiger partial charge in [0.15, 0.2) is 0 Å². The van der Waals surface area contributed by atoms with E-state index in [1.165, 1.54) is 6.33 Å². The number of rotatable bonds is 4. The zero-order chi connectivity index (χ0) is 16.1. The molecule has 0 bridgehead atoms. The average molecular weight is 312 g/mol. The van der Waals surface area contributed by atoms with Gasteiger partial charge in [-0.05, 0) is 18.9 Å². The van der Waals surface area contributed by atoms with Gasteiger partial charge >= 0.3 is 0 Å². The summed E-state index contributed by atoms with van der Waals surface area (Å²) in [6.07, 6.45) is 8.96. The molecule has 23 heavy (non-hydrogen) atoms. The lowest BCUT2D eigenvalue weighted by atomic mass is 9.93. The fraction of sp³-hybridized carbons (Fsp3) is 0.412. The Bertz CT molecular complexity index is 645. The van der Waals surface area contributed by atoms with Gasteiger partial charge < -0.3 is 9.64 Å². The van der Waals surface area contributed by atoms with Gasteiger partial charge in [0.25, 0.3) is 0 Å². The first-order valence-corrected chi connectivity index (χ1v) is 7.76. The average Bonchev–Trinajstić information content (AvgIpc) is 2.63. The number of carbonyl (C=O) groups excluding carboxylic acids is 1. The van der Waals surface area contributed by atoms with E-state index < -0.39 is 0 Å². The van der Waals surface area contributed by atoms with Gasteiger partial charge in [-0.15, -0.1) is 0 Å². The van der Waals surface area contributed by atoms with Gasteiger partial charge in [-0.25, -0.2) is 9.97 Å². The van der Waals surface area contributed by atoms with Crippen LogP contribution in [0.15, 0.2) is 37.1 Å². The van der Waals surface area contributed by atoms with Crippen LogP contribution in [0.4, 0.5) is 0 Å². The summed E-state index contributed by atoms with van der Waals surface area (Å²) in [5, 5.41) is 0. The van der Waals surface area contributed by atoms with E-state index in [0.717, 1.165) is 36.2 Å². The van der Waals surface area contributed by atoms with Crippen molar-refractivity contribution in [2.24, 2.45) is 0 Å². The predicted molar refractivity (Wildman–Crippen MR) is 85.7 cm³/mol. The first kappa shape index (κ1) is 15.6. The molecule has 1 aliphatic rings. The number of piperidine rings is 1. The molecule has 120 valence electrons. The fourth-order valence-electron chi connectivity index (χ4n) is 2.93. The molecular weight excluding hydrogens is 292 g/mol. The minimum atomic E-state index is 0.0512. The van der Waals surface area contributed by atoms with Crippen LogP contribution in [0, 0.1) is 0 Å². The van der Waals surface area contributed by atoms with Crippen LogP contribution in [0.25, 0.3) is 11.1 Å².